The predicted molar refractivity (Wildman–Crippen MR) is 62.7 cm³/mol. The second kappa shape index (κ2) is 4.13. The number of benzene rings is 1. The van der Waals surface area contributed by atoms with E-state index in [4.69, 9.17) is 0 Å². The smallest absolute Gasteiger partial charge is 0.152 e. The first-order valence-electron chi connectivity index (χ1n) is 5.34. The van der Waals surface area contributed by atoms with Gasteiger partial charge in [0.05, 0.1) is 23.7 Å². The maximum atomic E-state index is 11.5. The molecule has 0 radical (unpaired) electrons. The molecule has 1 heterocycles. The van der Waals surface area contributed by atoms with Gasteiger partial charge in [-0.3, -0.25) is 0 Å². The van der Waals surface area contributed by atoms with Crippen LogP contribution in [-0.4, -0.2) is 25.0 Å². The average molecular weight is 251 g/mol. The van der Waals surface area contributed by atoms with Gasteiger partial charge in [0.15, 0.2) is 9.84 Å². The number of hydrogen-bond acceptors (Lipinski definition) is 4. The molecule has 2 unspecified atom stereocenters. The Hall–Kier alpha value is -1.38. The quantitative estimate of drug-likeness (QED) is 0.852. The van der Waals surface area contributed by atoms with Gasteiger partial charge in [0, 0.05) is 0 Å². The van der Waals surface area contributed by atoms with E-state index in [1.807, 2.05) is 6.07 Å². The summed E-state index contributed by atoms with van der Waals surface area (Å²) in [6, 6.07) is 10.7. The fourth-order valence-corrected chi connectivity index (χ4v) is 4.16. The molecule has 0 aromatic heterocycles. The fraction of sp³-hybridized carbons (Fsp3) is 0.417. The molecular weight excluding hydrogens is 238 g/mol. The Morgan fingerprint density at radius 3 is 2.47 bits per heavy atom. The summed E-state index contributed by atoms with van der Waals surface area (Å²) in [5.41, 5.74) is -0.605. The molecular formula is C12H13NO3S. The topological polar surface area (TPSA) is 78.2 Å². The number of sulfone groups is 1. The van der Waals surface area contributed by atoms with Crippen molar-refractivity contribution in [3.63, 3.8) is 0 Å². The Balaban J connectivity index is 2.36. The largest absolute Gasteiger partial charge is 0.387 e. The van der Waals surface area contributed by atoms with E-state index in [-0.39, 0.29) is 17.9 Å². The minimum Gasteiger partial charge on any atom is -0.387 e. The zero-order valence-electron chi connectivity index (χ0n) is 9.20. The molecule has 17 heavy (non-hydrogen) atoms. The van der Waals surface area contributed by atoms with Gasteiger partial charge in [-0.15, -0.1) is 0 Å². The van der Waals surface area contributed by atoms with Crippen molar-refractivity contribution < 1.29 is 13.5 Å². The van der Waals surface area contributed by atoms with Gasteiger partial charge in [-0.2, -0.15) is 5.26 Å². The summed E-state index contributed by atoms with van der Waals surface area (Å²) < 4.78 is 23.0. The standard InChI is InChI=1S/C12H13NO3S/c13-8-12(6-7-17(15,16)9-12)11(14)10-4-2-1-3-5-10/h1-5,11,14H,6-7,9H2. The zero-order chi connectivity index (χ0) is 12.5. The maximum absolute atomic E-state index is 11.5. The van der Waals surface area contributed by atoms with E-state index in [9.17, 15) is 18.8 Å². The Labute approximate surface area is 100 Å². The SMILES string of the molecule is N#CC1(C(O)c2ccccc2)CCS(=O)(=O)C1. The highest BCUT2D eigenvalue weighted by Crippen LogP contribution is 2.42. The molecule has 0 amide bonds. The van der Waals surface area contributed by atoms with Crippen LogP contribution in [0.1, 0.15) is 18.1 Å². The fourth-order valence-electron chi connectivity index (χ4n) is 2.19. The number of aliphatic hydroxyl groups excluding tert-OH is 1. The molecule has 2 rings (SSSR count). The van der Waals surface area contributed by atoms with Crippen LogP contribution in [0.15, 0.2) is 30.3 Å². The normalized spacial score (nSPS) is 28.5. The van der Waals surface area contributed by atoms with E-state index in [0.29, 0.717) is 5.56 Å². The van der Waals surface area contributed by atoms with Crippen molar-refractivity contribution in [2.45, 2.75) is 12.5 Å². The van der Waals surface area contributed by atoms with Crippen LogP contribution in [0.5, 0.6) is 0 Å². The van der Waals surface area contributed by atoms with E-state index in [1.54, 1.807) is 30.3 Å². The van der Waals surface area contributed by atoms with Crippen molar-refractivity contribution in [3.8, 4) is 6.07 Å². The molecule has 0 spiro atoms. The number of nitrogens with zero attached hydrogens (tertiary/aromatic N) is 1. The molecule has 0 bridgehead atoms. The highest BCUT2D eigenvalue weighted by atomic mass is 32.2. The van der Waals surface area contributed by atoms with Crippen molar-refractivity contribution in [2.75, 3.05) is 11.5 Å². The number of rotatable bonds is 2. The average Bonchev–Trinajstić information content (AvgIpc) is 2.66. The lowest BCUT2D eigenvalue weighted by molar-refractivity contribution is 0.0793. The molecule has 1 aromatic carbocycles. The Bertz CT molecular complexity index is 547. The third kappa shape index (κ3) is 2.19. The summed E-state index contributed by atoms with van der Waals surface area (Å²) in [4.78, 5) is 0. The predicted octanol–water partition coefficient (Wildman–Crippen LogP) is 1.05. The van der Waals surface area contributed by atoms with Crippen molar-refractivity contribution in [1.82, 2.24) is 0 Å². The lowest BCUT2D eigenvalue weighted by Gasteiger charge is -2.25. The molecule has 90 valence electrons. The molecule has 1 aliphatic heterocycles. The van der Waals surface area contributed by atoms with Crippen LogP contribution in [-0.2, 0) is 9.84 Å². The molecule has 0 saturated carbocycles. The number of hydrogen-bond donors (Lipinski definition) is 1. The Kier molecular flexibility index (Phi) is 2.94. The van der Waals surface area contributed by atoms with Crippen LogP contribution in [0.25, 0.3) is 0 Å². The van der Waals surface area contributed by atoms with Crippen LogP contribution in [0.3, 0.4) is 0 Å². The molecule has 1 aliphatic rings. The summed E-state index contributed by atoms with van der Waals surface area (Å²) in [7, 11) is -3.20. The van der Waals surface area contributed by atoms with Crippen LogP contribution in [0.2, 0.25) is 0 Å². The van der Waals surface area contributed by atoms with Crippen molar-refractivity contribution in [3.05, 3.63) is 35.9 Å². The second-order valence-corrected chi connectivity index (χ2v) is 6.61. The highest BCUT2D eigenvalue weighted by molar-refractivity contribution is 7.91. The lowest BCUT2D eigenvalue weighted by atomic mass is 9.80. The third-order valence-electron chi connectivity index (χ3n) is 3.20. The Morgan fingerprint density at radius 2 is 2.00 bits per heavy atom. The molecule has 2 atom stereocenters. The highest BCUT2D eigenvalue weighted by Gasteiger charge is 2.48. The van der Waals surface area contributed by atoms with Crippen LogP contribution in [0.4, 0.5) is 0 Å². The van der Waals surface area contributed by atoms with Crippen molar-refractivity contribution >= 4 is 9.84 Å². The lowest BCUT2D eigenvalue weighted by Crippen LogP contribution is -2.28. The van der Waals surface area contributed by atoms with Gasteiger partial charge in [-0.25, -0.2) is 8.42 Å². The first-order valence-corrected chi connectivity index (χ1v) is 7.16. The molecule has 5 heteroatoms. The third-order valence-corrected chi connectivity index (χ3v) is 4.98. The van der Waals surface area contributed by atoms with Gasteiger partial charge in [-0.1, -0.05) is 30.3 Å². The molecule has 1 aromatic rings. The first-order chi connectivity index (χ1) is 7.99. The van der Waals surface area contributed by atoms with E-state index < -0.39 is 21.4 Å². The monoisotopic (exact) mass is 251 g/mol. The van der Waals surface area contributed by atoms with E-state index in [2.05, 4.69) is 0 Å². The van der Waals surface area contributed by atoms with Gasteiger partial charge in [0.2, 0.25) is 0 Å². The van der Waals surface area contributed by atoms with Gasteiger partial charge in [0.25, 0.3) is 0 Å². The summed E-state index contributed by atoms with van der Waals surface area (Å²) >= 11 is 0. The summed E-state index contributed by atoms with van der Waals surface area (Å²) in [5.74, 6) is -0.281. The van der Waals surface area contributed by atoms with Gasteiger partial charge in [-0.05, 0) is 12.0 Å². The minimum absolute atomic E-state index is 0.0234. The Morgan fingerprint density at radius 1 is 1.35 bits per heavy atom. The van der Waals surface area contributed by atoms with Gasteiger partial charge in [0.1, 0.15) is 5.41 Å². The van der Waals surface area contributed by atoms with E-state index >= 15 is 0 Å². The van der Waals surface area contributed by atoms with Crippen molar-refractivity contribution in [2.24, 2.45) is 5.41 Å². The van der Waals surface area contributed by atoms with Gasteiger partial charge < -0.3 is 5.11 Å². The van der Waals surface area contributed by atoms with Crippen LogP contribution >= 0.6 is 0 Å². The van der Waals surface area contributed by atoms with E-state index in [1.165, 1.54) is 0 Å². The number of nitriles is 1. The molecule has 1 saturated heterocycles. The zero-order valence-corrected chi connectivity index (χ0v) is 10.0. The summed E-state index contributed by atoms with van der Waals surface area (Å²) in [6.45, 7) is 0. The van der Waals surface area contributed by atoms with Crippen molar-refractivity contribution in [1.29, 1.82) is 5.26 Å². The van der Waals surface area contributed by atoms with Gasteiger partial charge >= 0.3 is 0 Å². The minimum atomic E-state index is -3.20. The van der Waals surface area contributed by atoms with Crippen LogP contribution in [0, 0.1) is 16.7 Å². The summed E-state index contributed by atoms with van der Waals surface area (Å²) in [5, 5.41) is 19.4. The van der Waals surface area contributed by atoms with E-state index in [0.717, 1.165) is 0 Å². The second-order valence-electron chi connectivity index (χ2n) is 4.42. The molecule has 0 aliphatic carbocycles. The first kappa shape index (κ1) is 12.1. The van der Waals surface area contributed by atoms with Crippen LogP contribution < -0.4 is 0 Å². The molecule has 1 fully saturated rings. The maximum Gasteiger partial charge on any atom is 0.152 e. The number of aliphatic hydroxyl groups is 1. The summed E-state index contributed by atoms with van der Waals surface area (Å²) in [6.07, 6.45) is -0.854. The molecule has 1 N–H and O–H groups in total. The molecule has 4 nitrogen and oxygen atoms in total.